The van der Waals surface area contributed by atoms with Crippen LogP contribution in [0.2, 0.25) is 0 Å². The van der Waals surface area contributed by atoms with E-state index in [1.54, 1.807) is 30.3 Å². The first kappa shape index (κ1) is 15.5. The van der Waals surface area contributed by atoms with Gasteiger partial charge in [0.25, 0.3) is 0 Å². The highest BCUT2D eigenvalue weighted by Gasteiger charge is 2.44. The van der Waals surface area contributed by atoms with Crippen LogP contribution >= 0.6 is 0 Å². The van der Waals surface area contributed by atoms with Gasteiger partial charge in [-0.3, -0.25) is 0 Å². The lowest BCUT2D eigenvalue weighted by atomic mass is 9.96. The first-order chi connectivity index (χ1) is 11.1. The molecule has 2 aromatic rings. The Balaban J connectivity index is 1.51. The minimum absolute atomic E-state index is 0.0942. The summed E-state index contributed by atoms with van der Waals surface area (Å²) in [7, 11) is 0. The number of rotatable bonds is 5. The molecule has 2 N–H and O–H groups in total. The molecular formula is C18H18F2N2O. The maximum Gasteiger partial charge on any atom is 0.315 e. The fraction of sp³-hybridized carbons (Fsp3) is 0.278. The average molecular weight is 316 g/mol. The van der Waals surface area contributed by atoms with E-state index in [0.717, 1.165) is 18.4 Å². The van der Waals surface area contributed by atoms with E-state index in [1.165, 1.54) is 18.2 Å². The number of carbonyl (C=O) groups is 1. The van der Waals surface area contributed by atoms with Gasteiger partial charge in [0.05, 0.1) is 0 Å². The van der Waals surface area contributed by atoms with Crippen LogP contribution in [0.3, 0.4) is 0 Å². The molecule has 2 amide bonds. The summed E-state index contributed by atoms with van der Waals surface area (Å²) in [5, 5.41) is 5.47. The molecule has 23 heavy (non-hydrogen) atoms. The van der Waals surface area contributed by atoms with Gasteiger partial charge < -0.3 is 10.6 Å². The highest BCUT2D eigenvalue weighted by atomic mass is 19.1. The number of amides is 2. The molecule has 0 atom stereocenters. The molecule has 5 heteroatoms. The summed E-state index contributed by atoms with van der Waals surface area (Å²) in [5.41, 5.74) is 1.39. The van der Waals surface area contributed by atoms with E-state index in [4.69, 9.17) is 0 Å². The Morgan fingerprint density at radius 2 is 1.70 bits per heavy atom. The van der Waals surface area contributed by atoms with Gasteiger partial charge in [0.1, 0.15) is 11.6 Å². The minimum Gasteiger partial charge on any atom is -0.337 e. The highest BCUT2D eigenvalue weighted by Crippen LogP contribution is 2.47. The van der Waals surface area contributed by atoms with Gasteiger partial charge in [-0.05, 0) is 36.6 Å². The smallest absolute Gasteiger partial charge is 0.315 e. The molecular weight excluding hydrogens is 298 g/mol. The molecule has 0 aromatic heterocycles. The van der Waals surface area contributed by atoms with Crippen LogP contribution in [-0.2, 0) is 12.0 Å². The third-order valence-electron chi connectivity index (χ3n) is 4.29. The molecule has 0 radical (unpaired) electrons. The molecule has 1 aliphatic carbocycles. The molecule has 3 rings (SSSR count). The van der Waals surface area contributed by atoms with Gasteiger partial charge in [-0.15, -0.1) is 0 Å². The Morgan fingerprint density at radius 1 is 1.00 bits per heavy atom. The predicted molar refractivity (Wildman–Crippen MR) is 84.0 cm³/mol. The Hall–Kier alpha value is -2.43. The van der Waals surface area contributed by atoms with Crippen molar-refractivity contribution in [3.05, 3.63) is 71.3 Å². The first-order valence-corrected chi connectivity index (χ1v) is 7.60. The van der Waals surface area contributed by atoms with E-state index in [1.807, 2.05) is 0 Å². The molecule has 0 aliphatic heterocycles. The van der Waals surface area contributed by atoms with Crippen LogP contribution in [0.4, 0.5) is 13.6 Å². The van der Waals surface area contributed by atoms with E-state index in [0.29, 0.717) is 12.1 Å². The van der Waals surface area contributed by atoms with Crippen molar-refractivity contribution in [1.82, 2.24) is 10.6 Å². The second-order valence-electron chi connectivity index (χ2n) is 5.91. The molecule has 0 bridgehead atoms. The molecule has 1 saturated carbocycles. The number of carbonyl (C=O) groups excluding carboxylic acids is 1. The lowest BCUT2D eigenvalue weighted by Gasteiger charge is -2.17. The number of nitrogens with one attached hydrogen (secondary N) is 2. The van der Waals surface area contributed by atoms with Gasteiger partial charge >= 0.3 is 6.03 Å². The summed E-state index contributed by atoms with van der Waals surface area (Å²) >= 11 is 0. The van der Waals surface area contributed by atoms with Gasteiger partial charge in [-0.25, -0.2) is 13.6 Å². The van der Waals surface area contributed by atoms with Crippen LogP contribution in [0.25, 0.3) is 0 Å². The van der Waals surface area contributed by atoms with E-state index >= 15 is 0 Å². The van der Waals surface area contributed by atoms with Crippen molar-refractivity contribution in [2.75, 3.05) is 6.54 Å². The summed E-state index contributed by atoms with van der Waals surface area (Å²) in [4.78, 5) is 11.9. The average Bonchev–Trinajstić information content (AvgIpc) is 3.34. The SMILES string of the molecule is O=C(NCc1ccccc1F)NCC1(c2ccc(F)cc2)CC1. The van der Waals surface area contributed by atoms with Gasteiger partial charge in [0.2, 0.25) is 0 Å². The Bertz CT molecular complexity index is 696. The van der Waals surface area contributed by atoms with Crippen LogP contribution < -0.4 is 10.6 Å². The van der Waals surface area contributed by atoms with Gasteiger partial charge in [-0.2, -0.15) is 0 Å². The van der Waals surface area contributed by atoms with Crippen molar-refractivity contribution >= 4 is 6.03 Å². The standard InChI is InChI=1S/C18H18F2N2O/c19-15-7-5-14(6-8-15)18(9-10-18)12-22-17(23)21-11-13-3-1-2-4-16(13)20/h1-8H,9-12H2,(H2,21,22,23). The predicted octanol–water partition coefficient (Wildman–Crippen LogP) is 3.50. The summed E-state index contributed by atoms with van der Waals surface area (Å²) in [5.74, 6) is -0.599. The lowest BCUT2D eigenvalue weighted by molar-refractivity contribution is 0.239. The molecule has 2 aromatic carbocycles. The number of hydrogen-bond acceptors (Lipinski definition) is 1. The molecule has 0 saturated heterocycles. The van der Waals surface area contributed by atoms with Crippen molar-refractivity contribution in [1.29, 1.82) is 0 Å². The van der Waals surface area contributed by atoms with Gasteiger partial charge in [0, 0.05) is 24.1 Å². The molecule has 1 aliphatic rings. The maximum atomic E-state index is 13.5. The number of urea groups is 1. The molecule has 0 unspecified atom stereocenters. The summed E-state index contributed by atoms with van der Waals surface area (Å²) < 4.78 is 26.5. The second-order valence-corrected chi connectivity index (χ2v) is 5.91. The number of halogens is 2. The normalized spacial score (nSPS) is 15.0. The second kappa shape index (κ2) is 6.36. The van der Waals surface area contributed by atoms with E-state index in [2.05, 4.69) is 10.6 Å². The quantitative estimate of drug-likeness (QED) is 0.871. The topological polar surface area (TPSA) is 41.1 Å². The molecule has 0 spiro atoms. The summed E-state index contributed by atoms with van der Waals surface area (Å²) in [6, 6.07) is 12.4. The minimum atomic E-state index is -0.335. The first-order valence-electron chi connectivity index (χ1n) is 7.60. The monoisotopic (exact) mass is 316 g/mol. The van der Waals surface area contributed by atoms with Crippen LogP contribution in [0, 0.1) is 11.6 Å². The van der Waals surface area contributed by atoms with Crippen LogP contribution in [0.5, 0.6) is 0 Å². The van der Waals surface area contributed by atoms with Crippen LogP contribution in [-0.4, -0.2) is 12.6 Å². The molecule has 120 valence electrons. The highest BCUT2D eigenvalue weighted by molar-refractivity contribution is 5.74. The fourth-order valence-electron chi connectivity index (χ4n) is 2.65. The Morgan fingerprint density at radius 3 is 2.35 bits per heavy atom. The zero-order valence-electron chi connectivity index (χ0n) is 12.6. The van der Waals surface area contributed by atoms with Gasteiger partial charge in [-0.1, -0.05) is 30.3 Å². The van der Waals surface area contributed by atoms with Crippen molar-refractivity contribution in [2.24, 2.45) is 0 Å². The lowest BCUT2D eigenvalue weighted by Crippen LogP contribution is -2.39. The van der Waals surface area contributed by atoms with Crippen molar-refractivity contribution in [2.45, 2.75) is 24.8 Å². The van der Waals surface area contributed by atoms with E-state index in [-0.39, 0.29) is 29.6 Å². The third-order valence-corrected chi connectivity index (χ3v) is 4.29. The molecule has 3 nitrogen and oxygen atoms in total. The largest absolute Gasteiger partial charge is 0.337 e. The van der Waals surface area contributed by atoms with Crippen molar-refractivity contribution in [3.8, 4) is 0 Å². The van der Waals surface area contributed by atoms with Gasteiger partial charge in [0.15, 0.2) is 0 Å². The van der Waals surface area contributed by atoms with E-state index < -0.39 is 0 Å². The summed E-state index contributed by atoms with van der Waals surface area (Å²) in [6.45, 7) is 0.629. The zero-order valence-corrected chi connectivity index (χ0v) is 12.6. The van der Waals surface area contributed by atoms with Crippen molar-refractivity contribution < 1.29 is 13.6 Å². The fourth-order valence-corrected chi connectivity index (χ4v) is 2.65. The number of benzene rings is 2. The Labute approximate surface area is 133 Å². The van der Waals surface area contributed by atoms with Crippen LogP contribution in [0.15, 0.2) is 48.5 Å². The third kappa shape index (κ3) is 3.67. The molecule has 0 heterocycles. The Kier molecular flexibility index (Phi) is 4.28. The van der Waals surface area contributed by atoms with Crippen molar-refractivity contribution in [3.63, 3.8) is 0 Å². The zero-order chi connectivity index (χ0) is 16.3. The maximum absolute atomic E-state index is 13.5. The van der Waals surface area contributed by atoms with E-state index in [9.17, 15) is 13.6 Å². The molecule has 1 fully saturated rings. The number of hydrogen-bond donors (Lipinski definition) is 2. The summed E-state index contributed by atoms with van der Waals surface area (Å²) in [6.07, 6.45) is 1.93. The van der Waals surface area contributed by atoms with Crippen LogP contribution in [0.1, 0.15) is 24.0 Å².